The lowest BCUT2D eigenvalue weighted by Crippen LogP contribution is -2.55. The van der Waals surface area contributed by atoms with E-state index in [2.05, 4.69) is 62.5 Å². The highest BCUT2D eigenvalue weighted by atomic mass is 16.6. The molecule has 0 N–H and O–H groups in total. The van der Waals surface area contributed by atoms with Gasteiger partial charge >= 0.3 is 11.9 Å². The molecule has 0 aliphatic rings. The fraction of sp³-hybridized carbons (Fsp3) is 0.766. The first-order chi connectivity index (χ1) is 26.6. The molecule has 0 aliphatic carbocycles. The highest BCUT2D eigenvalue weighted by molar-refractivity contribution is 5.70. The highest BCUT2D eigenvalue weighted by Gasteiger charge is 2.25. The van der Waals surface area contributed by atoms with Gasteiger partial charge in [0.1, 0.15) is 12.6 Å². The maximum absolute atomic E-state index is 12.7. The minimum Gasteiger partial charge on any atom is -0.544 e. The number of ether oxygens (including phenoxy) is 3. The van der Waals surface area contributed by atoms with Crippen LogP contribution in [0.1, 0.15) is 181 Å². The standard InChI is InChI=1S/C47H83NO7/c1-6-8-10-12-14-16-18-20-21-22-23-24-25-26-28-30-32-34-36-38-46(50)55-43(41-53-40-39-44(47(51)52)48(3,4)5)42-54-45(49)37-35-33-31-29-27-19-17-15-13-11-9-7-2/h14-17,20-21,23-24,43-44H,6-13,18-19,22,25-42H2,1-5H3/b16-14-,17-15-,21-20-,24-23-. The molecule has 0 aliphatic heterocycles. The van der Waals surface area contributed by atoms with Crippen LogP contribution in [0.4, 0.5) is 0 Å². The Balaban J connectivity index is 4.37. The number of carbonyl (C=O) groups excluding carboxylic acids is 3. The molecule has 0 aromatic rings. The molecule has 0 radical (unpaired) electrons. The predicted molar refractivity (Wildman–Crippen MR) is 226 cm³/mol. The van der Waals surface area contributed by atoms with Gasteiger partial charge in [-0.1, -0.05) is 133 Å². The Kier molecular flexibility index (Phi) is 36.3. The number of aliphatic carboxylic acids is 1. The number of nitrogens with zero attached hydrogens (tertiary/aromatic N) is 1. The summed E-state index contributed by atoms with van der Waals surface area (Å²) in [5, 5.41) is 11.6. The van der Waals surface area contributed by atoms with E-state index in [1.54, 1.807) is 21.1 Å². The van der Waals surface area contributed by atoms with E-state index in [-0.39, 0.29) is 42.7 Å². The number of carboxylic acid groups (broad SMARTS) is 1. The van der Waals surface area contributed by atoms with Crippen LogP contribution < -0.4 is 5.11 Å². The predicted octanol–water partition coefficient (Wildman–Crippen LogP) is 10.7. The van der Waals surface area contributed by atoms with Crippen molar-refractivity contribution in [3.8, 4) is 0 Å². The SMILES string of the molecule is CCCCC/C=C\C/C=C\C/C=C\CCCCCCCCC(=O)OC(COCCC(C(=O)[O-])[N+](C)(C)C)COC(=O)CCCCCCC/C=C\CCCCC. The molecule has 0 aromatic heterocycles. The first-order valence-corrected chi connectivity index (χ1v) is 22.2. The zero-order valence-electron chi connectivity index (χ0n) is 36.1. The van der Waals surface area contributed by atoms with E-state index >= 15 is 0 Å². The van der Waals surface area contributed by atoms with Crippen LogP contribution in [0.5, 0.6) is 0 Å². The molecule has 55 heavy (non-hydrogen) atoms. The third-order valence-electron chi connectivity index (χ3n) is 9.69. The van der Waals surface area contributed by atoms with Gasteiger partial charge in [0.15, 0.2) is 6.10 Å². The quantitative estimate of drug-likeness (QED) is 0.0265. The van der Waals surface area contributed by atoms with Crippen molar-refractivity contribution in [1.82, 2.24) is 0 Å². The lowest BCUT2D eigenvalue weighted by atomic mass is 10.1. The molecule has 0 aromatic carbocycles. The first-order valence-electron chi connectivity index (χ1n) is 22.2. The van der Waals surface area contributed by atoms with E-state index in [0.29, 0.717) is 12.8 Å². The van der Waals surface area contributed by atoms with Crippen LogP contribution in [0.3, 0.4) is 0 Å². The smallest absolute Gasteiger partial charge is 0.306 e. The minimum absolute atomic E-state index is 0.0320. The summed E-state index contributed by atoms with van der Waals surface area (Å²) >= 11 is 0. The van der Waals surface area contributed by atoms with E-state index in [0.717, 1.165) is 77.0 Å². The van der Waals surface area contributed by atoms with Crippen LogP contribution in [0.25, 0.3) is 0 Å². The number of carbonyl (C=O) groups is 3. The Labute approximate surface area is 337 Å². The number of carboxylic acids is 1. The Bertz CT molecular complexity index is 1040. The normalized spacial score (nSPS) is 13.4. The van der Waals surface area contributed by atoms with Gasteiger partial charge in [-0.15, -0.1) is 0 Å². The van der Waals surface area contributed by atoms with E-state index < -0.39 is 18.1 Å². The lowest BCUT2D eigenvalue weighted by molar-refractivity contribution is -0.889. The van der Waals surface area contributed by atoms with Crippen molar-refractivity contribution in [2.45, 2.75) is 193 Å². The summed E-state index contributed by atoms with van der Waals surface area (Å²) in [6.45, 7) is 4.58. The van der Waals surface area contributed by atoms with Crippen molar-refractivity contribution in [3.63, 3.8) is 0 Å². The zero-order chi connectivity index (χ0) is 40.7. The van der Waals surface area contributed by atoms with Crippen LogP contribution in [0, 0.1) is 0 Å². The average Bonchev–Trinajstić information content (AvgIpc) is 3.14. The molecular formula is C47H83NO7. The molecule has 0 fully saturated rings. The Morgan fingerprint density at radius 3 is 1.44 bits per heavy atom. The Morgan fingerprint density at radius 1 is 0.545 bits per heavy atom. The number of hydrogen-bond acceptors (Lipinski definition) is 7. The molecule has 0 spiro atoms. The summed E-state index contributed by atoms with van der Waals surface area (Å²) < 4.78 is 17.1. The second-order valence-corrected chi connectivity index (χ2v) is 15.9. The van der Waals surface area contributed by atoms with Gasteiger partial charge in [-0.2, -0.15) is 0 Å². The van der Waals surface area contributed by atoms with Gasteiger partial charge in [0, 0.05) is 19.3 Å². The van der Waals surface area contributed by atoms with Gasteiger partial charge < -0.3 is 28.6 Å². The summed E-state index contributed by atoms with van der Waals surface area (Å²) in [5.41, 5.74) is 0. The van der Waals surface area contributed by atoms with E-state index in [1.165, 1.54) is 70.6 Å². The van der Waals surface area contributed by atoms with Crippen LogP contribution in [-0.2, 0) is 28.6 Å². The van der Waals surface area contributed by atoms with E-state index in [1.807, 2.05) is 0 Å². The summed E-state index contributed by atoms with van der Waals surface area (Å²) in [5.74, 6) is -1.77. The van der Waals surface area contributed by atoms with Crippen LogP contribution in [0.15, 0.2) is 48.6 Å². The molecule has 0 saturated heterocycles. The number of hydrogen-bond donors (Lipinski definition) is 0. The minimum atomic E-state index is -1.13. The van der Waals surface area contributed by atoms with Gasteiger partial charge in [-0.05, 0) is 77.0 Å². The molecule has 8 heteroatoms. The monoisotopic (exact) mass is 774 g/mol. The van der Waals surface area contributed by atoms with Crippen molar-refractivity contribution < 1.29 is 38.2 Å². The molecule has 0 saturated carbocycles. The maximum atomic E-state index is 12.7. The lowest BCUT2D eigenvalue weighted by Gasteiger charge is -2.34. The number of unbranched alkanes of at least 4 members (excludes halogenated alkanes) is 17. The van der Waals surface area contributed by atoms with Crippen molar-refractivity contribution >= 4 is 17.9 Å². The van der Waals surface area contributed by atoms with Crippen LogP contribution >= 0.6 is 0 Å². The van der Waals surface area contributed by atoms with Gasteiger partial charge in [-0.3, -0.25) is 9.59 Å². The van der Waals surface area contributed by atoms with Gasteiger partial charge in [0.25, 0.3) is 0 Å². The summed E-state index contributed by atoms with van der Waals surface area (Å²) in [6.07, 6.45) is 44.1. The first kappa shape index (κ1) is 52.3. The molecule has 2 atom stereocenters. The van der Waals surface area contributed by atoms with E-state index in [9.17, 15) is 19.5 Å². The zero-order valence-corrected chi connectivity index (χ0v) is 36.1. The fourth-order valence-corrected chi connectivity index (χ4v) is 6.19. The molecule has 0 bridgehead atoms. The number of rotatable bonds is 39. The topological polar surface area (TPSA) is 102 Å². The second kappa shape index (κ2) is 38.2. The van der Waals surface area contributed by atoms with Crippen LogP contribution in [0.2, 0.25) is 0 Å². The Hall–Kier alpha value is -2.71. The van der Waals surface area contributed by atoms with Gasteiger partial charge in [0.2, 0.25) is 0 Å². The van der Waals surface area contributed by atoms with Crippen molar-refractivity contribution in [1.29, 1.82) is 0 Å². The highest BCUT2D eigenvalue weighted by Crippen LogP contribution is 2.13. The third kappa shape index (κ3) is 36.7. The molecule has 0 rings (SSSR count). The molecule has 0 heterocycles. The Morgan fingerprint density at radius 2 is 0.964 bits per heavy atom. The number of quaternary nitrogens is 1. The summed E-state index contributed by atoms with van der Waals surface area (Å²) in [6, 6.07) is -0.729. The number of likely N-dealkylation sites (N-methyl/N-ethyl adjacent to an activating group) is 1. The van der Waals surface area contributed by atoms with E-state index in [4.69, 9.17) is 14.2 Å². The average molecular weight is 774 g/mol. The fourth-order valence-electron chi connectivity index (χ4n) is 6.19. The number of esters is 2. The third-order valence-corrected chi connectivity index (χ3v) is 9.69. The van der Waals surface area contributed by atoms with Crippen molar-refractivity contribution in [2.24, 2.45) is 0 Å². The van der Waals surface area contributed by atoms with Crippen molar-refractivity contribution in [2.75, 3.05) is 41.0 Å². The molecule has 2 unspecified atom stereocenters. The molecule has 8 nitrogen and oxygen atoms in total. The van der Waals surface area contributed by atoms with Crippen molar-refractivity contribution in [3.05, 3.63) is 48.6 Å². The number of allylic oxidation sites excluding steroid dienone is 8. The second-order valence-electron chi connectivity index (χ2n) is 15.9. The van der Waals surface area contributed by atoms with Crippen LogP contribution in [-0.4, -0.2) is 75.5 Å². The summed E-state index contributed by atoms with van der Waals surface area (Å²) in [4.78, 5) is 36.8. The molecular weight excluding hydrogens is 691 g/mol. The maximum Gasteiger partial charge on any atom is 0.306 e. The molecule has 318 valence electrons. The largest absolute Gasteiger partial charge is 0.544 e. The summed E-state index contributed by atoms with van der Waals surface area (Å²) in [7, 11) is 5.39. The van der Waals surface area contributed by atoms with Gasteiger partial charge in [-0.25, -0.2) is 0 Å². The van der Waals surface area contributed by atoms with Gasteiger partial charge in [0.05, 0.1) is 40.3 Å². The molecule has 0 amide bonds.